The van der Waals surface area contributed by atoms with E-state index in [1.165, 1.54) is 14.0 Å². The van der Waals surface area contributed by atoms with Crippen molar-refractivity contribution in [3.8, 4) is 0 Å². The highest BCUT2D eigenvalue weighted by Crippen LogP contribution is 2.06. The highest BCUT2D eigenvalue weighted by molar-refractivity contribution is 5.82. The van der Waals surface area contributed by atoms with Gasteiger partial charge in [-0.1, -0.05) is 19.2 Å². The Morgan fingerprint density at radius 1 is 1.06 bits per heavy atom. The molecule has 0 amide bonds. The molecule has 0 aromatic rings. The molecule has 0 heterocycles. The Kier molecular flexibility index (Phi) is 11.9. The third-order valence-electron chi connectivity index (χ3n) is 1.48. The first-order chi connectivity index (χ1) is 8.46. The summed E-state index contributed by atoms with van der Waals surface area (Å²) in [7, 11) is 1.33. The van der Waals surface area contributed by atoms with E-state index in [2.05, 4.69) is 19.7 Å². The Morgan fingerprint density at radius 3 is 1.78 bits per heavy atom. The van der Waals surface area contributed by atoms with Crippen molar-refractivity contribution in [1.82, 2.24) is 0 Å². The molecule has 0 saturated heterocycles. The lowest BCUT2D eigenvalue weighted by Crippen LogP contribution is -2.33. The van der Waals surface area contributed by atoms with Gasteiger partial charge in [0.05, 0.1) is 0 Å². The third-order valence-corrected chi connectivity index (χ3v) is 1.48. The number of hydrogen-bond acceptors (Lipinski definition) is 5. The molecule has 0 bridgehead atoms. The Labute approximate surface area is 108 Å². The molecule has 102 valence electrons. The second kappa shape index (κ2) is 11.6. The Hall–Kier alpha value is -1.88. The molecule has 5 heteroatoms. The number of carbonyl (C=O) groups is 2. The van der Waals surface area contributed by atoms with E-state index in [-0.39, 0.29) is 0 Å². The maximum absolute atomic E-state index is 10.9. The first kappa shape index (κ1) is 18.5. The van der Waals surface area contributed by atoms with E-state index < -0.39 is 24.3 Å². The highest BCUT2D eigenvalue weighted by atomic mass is 16.7. The summed E-state index contributed by atoms with van der Waals surface area (Å²) >= 11 is 0. The van der Waals surface area contributed by atoms with E-state index in [9.17, 15) is 9.59 Å². The van der Waals surface area contributed by atoms with E-state index in [1.807, 2.05) is 6.92 Å². The second-order valence-electron chi connectivity index (χ2n) is 3.00. The summed E-state index contributed by atoms with van der Waals surface area (Å²) in [6.45, 7) is 13.3. The summed E-state index contributed by atoms with van der Waals surface area (Å²) in [6.07, 6.45) is 2.08. The summed E-state index contributed by atoms with van der Waals surface area (Å²) < 4.78 is 14.4. The zero-order chi connectivity index (χ0) is 14.6. The molecule has 18 heavy (non-hydrogen) atoms. The van der Waals surface area contributed by atoms with Crippen molar-refractivity contribution in [1.29, 1.82) is 0 Å². The topological polar surface area (TPSA) is 61.8 Å². The van der Waals surface area contributed by atoms with Gasteiger partial charge in [-0.3, -0.25) is 0 Å². The largest absolute Gasteiger partial charge is 0.453 e. The van der Waals surface area contributed by atoms with Gasteiger partial charge in [-0.05, 0) is 13.8 Å². The molecular formula is C13H20O5. The van der Waals surface area contributed by atoms with E-state index in [0.29, 0.717) is 0 Å². The van der Waals surface area contributed by atoms with Crippen LogP contribution in [-0.4, -0.2) is 31.4 Å². The molecule has 0 rings (SSSR count). The van der Waals surface area contributed by atoms with E-state index in [1.54, 1.807) is 6.08 Å². The van der Waals surface area contributed by atoms with Gasteiger partial charge in [0.2, 0.25) is 6.29 Å². The summed E-state index contributed by atoms with van der Waals surface area (Å²) in [5, 5.41) is 0. The second-order valence-corrected chi connectivity index (χ2v) is 3.00. The van der Waals surface area contributed by atoms with Crippen LogP contribution in [0.3, 0.4) is 0 Å². The van der Waals surface area contributed by atoms with Gasteiger partial charge < -0.3 is 14.2 Å². The van der Waals surface area contributed by atoms with Crippen LogP contribution >= 0.6 is 0 Å². The van der Waals surface area contributed by atoms with Crippen LogP contribution in [-0.2, 0) is 23.8 Å². The average molecular weight is 256 g/mol. The smallest absolute Gasteiger partial charge is 0.332 e. The van der Waals surface area contributed by atoms with Gasteiger partial charge in [-0.25, -0.2) is 9.59 Å². The van der Waals surface area contributed by atoms with Crippen LogP contribution in [0.4, 0.5) is 0 Å². The molecule has 0 aliphatic rings. The van der Waals surface area contributed by atoms with Crippen molar-refractivity contribution in [2.24, 2.45) is 0 Å². The maximum atomic E-state index is 10.9. The molecular weight excluding hydrogens is 236 g/mol. The molecule has 0 radical (unpaired) electrons. The van der Waals surface area contributed by atoms with E-state index in [0.717, 1.165) is 12.2 Å². The minimum atomic E-state index is -0.959. The third kappa shape index (κ3) is 9.35. The summed E-state index contributed by atoms with van der Waals surface area (Å²) in [5.74, 6) is -1.26. The van der Waals surface area contributed by atoms with Crippen LogP contribution in [0.2, 0.25) is 0 Å². The van der Waals surface area contributed by atoms with Crippen LogP contribution in [0, 0.1) is 0 Å². The number of rotatable bonds is 6. The molecule has 0 N–H and O–H groups in total. The Balaban J connectivity index is 0. The minimum Gasteiger partial charge on any atom is -0.453 e. The van der Waals surface area contributed by atoms with E-state index in [4.69, 9.17) is 14.2 Å². The maximum Gasteiger partial charge on any atom is 0.332 e. The molecule has 0 fully saturated rings. The van der Waals surface area contributed by atoms with Crippen molar-refractivity contribution >= 4 is 11.9 Å². The van der Waals surface area contributed by atoms with E-state index >= 15 is 0 Å². The molecule has 0 spiro atoms. The number of hydrogen-bond donors (Lipinski definition) is 0. The van der Waals surface area contributed by atoms with Crippen molar-refractivity contribution in [3.63, 3.8) is 0 Å². The minimum absolute atomic E-state index is 0.612. The van der Waals surface area contributed by atoms with Gasteiger partial charge in [0, 0.05) is 19.3 Å². The first-order valence-electron chi connectivity index (χ1n) is 5.22. The number of methoxy groups -OCH3 is 1. The molecule has 0 aliphatic heterocycles. The number of esters is 2. The van der Waals surface area contributed by atoms with Gasteiger partial charge in [-0.15, -0.1) is 6.58 Å². The summed E-state index contributed by atoms with van der Waals surface area (Å²) in [6, 6.07) is 0. The van der Waals surface area contributed by atoms with Crippen LogP contribution in [0.1, 0.15) is 13.8 Å². The number of carbonyl (C=O) groups excluding carboxylic acids is 2. The van der Waals surface area contributed by atoms with Gasteiger partial charge in [0.25, 0.3) is 0 Å². The molecule has 2 atom stereocenters. The number of allylic oxidation sites excluding steroid dienone is 1. The molecule has 0 saturated carbocycles. The summed E-state index contributed by atoms with van der Waals surface area (Å²) in [4.78, 5) is 21.7. The van der Waals surface area contributed by atoms with Gasteiger partial charge >= 0.3 is 11.9 Å². The predicted molar refractivity (Wildman–Crippen MR) is 68.7 cm³/mol. The van der Waals surface area contributed by atoms with Crippen LogP contribution in [0.15, 0.2) is 38.0 Å². The first-order valence-corrected chi connectivity index (χ1v) is 5.22. The lowest BCUT2D eigenvalue weighted by Gasteiger charge is -2.21. The van der Waals surface area contributed by atoms with Crippen molar-refractivity contribution in [2.45, 2.75) is 26.2 Å². The fourth-order valence-electron chi connectivity index (χ4n) is 0.785. The van der Waals surface area contributed by atoms with Gasteiger partial charge in [-0.2, -0.15) is 0 Å². The zero-order valence-electron chi connectivity index (χ0n) is 11.0. The van der Waals surface area contributed by atoms with Crippen LogP contribution in [0.25, 0.3) is 0 Å². The molecule has 2 unspecified atom stereocenters. The number of ether oxygens (including phenoxy) is 3. The molecule has 5 nitrogen and oxygen atoms in total. The lowest BCUT2D eigenvalue weighted by atomic mass is 10.4. The van der Waals surface area contributed by atoms with Crippen molar-refractivity contribution in [3.05, 3.63) is 38.0 Å². The Morgan fingerprint density at radius 2 is 1.44 bits per heavy atom. The van der Waals surface area contributed by atoms with Gasteiger partial charge in [0.1, 0.15) is 0 Å². The monoisotopic (exact) mass is 256 g/mol. The average Bonchev–Trinajstić information content (AvgIpc) is 2.35. The van der Waals surface area contributed by atoms with Crippen molar-refractivity contribution in [2.75, 3.05) is 7.11 Å². The SMILES string of the molecule is C=CC.C=CC(=O)OC(C)C(OC)OC(=O)C=C. The zero-order valence-corrected chi connectivity index (χ0v) is 11.0. The van der Waals surface area contributed by atoms with Crippen LogP contribution in [0.5, 0.6) is 0 Å². The fraction of sp³-hybridized carbons (Fsp3) is 0.385. The predicted octanol–water partition coefficient (Wildman–Crippen LogP) is 2.00. The van der Waals surface area contributed by atoms with Crippen LogP contribution < -0.4 is 0 Å². The standard InChI is InChI=1S/C10H14O5.C3H6/c1-5-8(11)14-7(3)10(13-4)15-9(12)6-2;1-3-2/h5-7,10H,1-2H2,3-4H3;3H,1H2,2H3. The van der Waals surface area contributed by atoms with Gasteiger partial charge in [0.15, 0.2) is 6.10 Å². The molecule has 0 aliphatic carbocycles. The molecule has 0 aromatic heterocycles. The quantitative estimate of drug-likeness (QED) is 0.315. The summed E-state index contributed by atoms with van der Waals surface area (Å²) in [5.41, 5.74) is 0. The highest BCUT2D eigenvalue weighted by Gasteiger charge is 2.22. The normalized spacial score (nSPS) is 11.9. The molecule has 0 aromatic carbocycles. The fourth-order valence-corrected chi connectivity index (χ4v) is 0.785. The van der Waals surface area contributed by atoms with Crippen molar-refractivity contribution < 1.29 is 23.8 Å². The lowest BCUT2D eigenvalue weighted by molar-refractivity contribution is -0.197. The Bertz CT molecular complexity index is 296.